The zero-order valence-corrected chi connectivity index (χ0v) is 11.6. The molecule has 1 aliphatic rings. The van der Waals surface area contributed by atoms with Crippen LogP contribution in [0, 0.1) is 6.92 Å². The molecule has 1 unspecified atom stereocenters. The van der Waals surface area contributed by atoms with Crippen molar-refractivity contribution in [3.63, 3.8) is 0 Å². The number of aromatic nitrogens is 2. The van der Waals surface area contributed by atoms with E-state index in [1.807, 2.05) is 25.1 Å². The molecule has 0 bridgehead atoms. The molecule has 1 fully saturated rings. The lowest BCUT2D eigenvalue weighted by atomic mass is 9.99. The third-order valence-corrected chi connectivity index (χ3v) is 3.77. The largest absolute Gasteiger partial charge is 0.334 e. The molecule has 1 atom stereocenters. The lowest BCUT2D eigenvalue weighted by Crippen LogP contribution is -2.28. The Labute approximate surface area is 117 Å². The smallest absolute Gasteiger partial charge is 0.258 e. The molecule has 1 saturated heterocycles. The van der Waals surface area contributed by atoms with Crippen LogP contribution >= 0.6 is 11.6 Å². The quantitative estimate of drug-likeness (QED) is 0.916. The number of piperidine rings is 1. The standard InChI is InChI=1S/C14H16ClN3O/c1-9-4-5-11(15)7-12(9)14-17-13(18-19-14)10-3-2-6-16-8-10/h4-5,7,10,16H,2-3,6,8H2,1H3. The van der Waals surface area contributed by atoms with Crippen molar-refractivity contribution in [3.05, 3.63) is 34.6 Å². The van der Waals surface area contributed by atoms with Crippen LogP contribution in [0.15, 0.2) is 22.7 Å². The van der Waals surface area contributed by atoms with Crippen molar-refractivity contribution in [1.29, 1.82) is 0 Å². The lowest BCUT2D eigenvalue weighted by Gasteiger charge is -2.19. The van der Waals surface area contributed by atoms with E-state index in [9.17, 15) is 0 Å². The Balaban J connectivity index is 1.89. The molecule has 4 nitrogen and oxygen atoms in total. The maximum absolute atomic E-state index is 6.02. The number of hydrogen-bond acceptors (Lipinski definition) is 4. The number of nitrogens with one attached hydrogen (secondary N) is 1. The molecule has 19 heavy (non-hydrogen) atoms. The van der Waals surface area contributed by atoms with Gasteiger partial charge in [-0.25, -0.2) is 0 Å². The van der Waals surface area contributed by atoms with Gasteiger partial charge in [-0.3, -0.25) is 0 Å². The van der Waals surface area contributed by atoms with Crippen molar-refractivity contribution in [3.8, 4) is 11.5 Å². The molecule has 1 aliphatic heterocycles. The Kier molecular flexibility index (Phi) is 3.53. The van der Waals surface area contributed by atoms with E-state index in [4.69, 9.17) is 16.1 Å². The Morgan fingerprint density at radius 3 is 3.11 bits per heavy atom. The zero-order chi connectivity index (χ0) is 13.2. The molecule has 2 aromatic rings. The average molecular weight is 278 g/mol. The summed E-state index contributed by atoms with van der Waals surface area (Å²) < 4.78 is 5.39. The fourth-order valence-electron chi connectivity index (χ4n) is 2.41. The summed E-state index contributed by atoms with van der Waals surface area (Å²) in [5.74, 6) is 1.70. The highest BCUT2D eigenvalue weighted by Gasteiger charge is 2.21. The van der Waals surface area contributed by atoms with E-state index in [1.165, 1.54) is 0 Å². The van der Waals surface area contributed by atoms with E-state index in [2.05, 4.69) is 15.5 Å². The molecule has 0 amide bonds. The van der Waals surface area contributed by atoms with Crippen LogP contribution in [-0.4, -0.2) is 23.2 Å². The maximum Gasteiger partial charge on any atom is 0.258 e. The molecule has 100 valence electrons. The van der Waals surface area contributed by atoms with Crippen molar-refractivity contribution in [2.24, 2.45) is 0 Å². The van der Waals surface area contributed by atoms with Crippen molar-refractivity contribution >= 4 is 11.6 Å². The lowest BCUT2D eigenvalue weighted by molar-refractivity contribution is 0.393. The van der Waals surface area contributed by atoms with Crippen molar-refractivity contribution in [1.82, 2.24) is 15.5 Å². The van der Waals surface area contributed by atoms with E-state index in [-0.39, 0.29) is 0 Å². The fourth-order valence-corrected chi connectivity index (χ4v) is 2.58. The molecule has 1 N–H and O–H groups in total. The number of aryl methyl sites for hydroxylation is 1. The predicted octanol–water partition coefficient (Wildman–Crippen LogP) is 3.17. The third-order valence-electron chi connectivity index (χ3n) is 3.53. The summed E-state index contributed by atoms with van der Waals surface area (Å²) in [4.78, 5) is 4.53. The van der Waals surface area contributed by atoms with E-state index >= 15 is 0 Å². The van der Waals surface area contributed by atoms with Gasteiger partial charge in [0, 0.05) is 23.0 Å². The predicted molar refractivity (Wildman–Crippen MR) is 74.3 cm³/mol. The molecule has 5 heteroatoms. The Morgan fingerprint density at radius 2 is 2.32 bits per heavy atom. The highest BCUT2D eigenvalue weighted by Crippen LogP contribution is 2.28. The van der Waals surface area contributed by atoms with Crippen LogP contribution in [0.1, 0.15) is 30.1 Å². The summed E-state index contributed by atoms with van der Waals surface area (Å²) >= 11 is 6.02. The number of benzene rings is 1. The number of rotatable bonds is 2. The Hall–Kier alpha value is -1.39. The molecule has 3 rings (SSSR count). The van der Waals surface area contributed by atoms with Gasteiger partial charge in [-0.05, 0) is 44.0 Å². The van der Waals surface area contributed by atoms with E-state index in [0.717, 1.165) is 42.9 Å². The second-order valence-corrected chi connectivity index (χ2v) is 5.40. The van der Waals surface area contributed by atoms with Gasteiger partial charge in [0.25, 0.3) is 5.89 Å². The first kappa shape index (κ1) is 12.6. The summed E-state index contributed by atoms with van der Waals surface area (Å²) in [6.45, 7) is 4.01. The molecule has 0 radical (unpaired) electrons. The van der Waals surface area contributed by atoms with Crippen molar-refractivity contribution in [2.45, 2.75) is 25.7 Å². The summed E-state index contributed by atoms with van der Waals surface area (Å²) in [6.07, 6.45) is 2.27. The van der Waals surface area contributed by atoms with Crippen molar-refractivity contribution < 1.29 is 4.52 Å². The zero-order valence-electron chi connectivity index (χ0n) is 10.8. The highest BCUT2D eigenvalue weighted by atomic mass is 35.5. The Morgan fingerprint density at radius 1 is 1.42 bits per heavy atom. The van der Waals surface area contributed by atoms with Gasteiger partial charge in [-0.1, -0.05) is 22.8 Å². The summed E-state index contributed by atoms with van der Waals surface area (Å²) in [6, 6.07) is 5.69. The molecule has 2 heterocycles. The molecule has 0 spiro atoms. The van der Waals surface area contributed by atoms with Gasteiger partial charge in [0.2, 0.25) is 0 Å². The van der Waals surface area contributed by atoms with Gasteiger partial charge in [0.05, 0.1) is 0 Å². The summed E-state index contributed by atoms with van der Waals surface area (Å²) in [7, 11) is 0. The van der Waals surface area contributed by atoms with E-state index in [1.54, 1.807) is 0 Å². The van der Waals surface area contributed by atoms with Gasteiger partial charge >= 0.3 is 0 Å². The van der Waals surface area contributed by atoms with Crippen LogP contribution in [-0.2, 0) is 0 Å². The maximum atomic E-state index is 6.02. The van der Waals surface area contributed by atoms with Crippen molar-refractivity contribution in [2.75, 3.05) is 13.1 Å². The monoisotopic (exact) mass is 277 g/mol. The van der Waals surface area contributed by atoms with E-state index < -0.39 is 0 Å². The first-order valence-corrected chi connectivity index (χ1v) is 6.92. The molecule has 0 aliphatic carbocycles. The van der Waals surface area contributed by atoms with Crippen LogP contribution in [0.25, 0.3) is 11.5 Å². The normalized spacial score (nSPS) is 19.6. The minimum atomic E-state index is 0.353. The number of halogens is 1. The van der Waals surface area contributed by atoms with Crippen LogP contribution < -0.4 is 5.32 Å². The summed E-state index contributed by atoms with van der Waals surface area (Å²) in [5.41, 5.74) is 2.00. The second-order valence-electron chi connectivity index (χ2n) is 4.96. The Bertz CT molecular complexity index is 576. The van der Waals surface area contributed by atoms with E-state index in [0.29, 0.717) is 16.8 Å². The SMILES string of the molecule is Cc1ccc(Cl)cc1-c1nc(C2CCCNC2)no1. The molecule has 1 aromatic carbocycles. The van der Waals surface area contributed by atoms with Crippen LogP contribution in [0.3, 0.4) is 0 Å². The third kappa shape index (κ3) is 2.65. The number of nitrogens with zero attached hydrogens (tertiary/aromatic N) is 2. The topological polar surface area (TPSA) is 51.0 Å². The number of hydrogen-bond donors (Lipinski definition) is 1. The highest BCUT2D eigenvalue weighted by molar-refractivity contribution is 6.30. The van der Waals surface area contributed by atoms with Crippen LogP contribution in [0.5, 0.6) is 0 Å². The first-order chi connectivity index (χ1) is 9.24. The minimum Gasteiger partial charge on any atom is -0.334 e. The van der Waals surface area contributed by atoms with Gasteiger partial charge in [0.1, 0.15) is 0 Å². The molecule has 0 saturated carbocycles. The van der Waals surface area contributed by atoms with Crippen LogP contribution in [0.2, 0.25) is 5.02 Å². The van der Waals surface area contributed by atoms with Gasteiger partial charge < -0.3 is 9.84 Å². The van der Waals surface area contributed by atoms with Crippen LogP contribution in [0.4, 0.5) is 0 Å². The van der Waals surface area contributed by atoms with Gasteiger partial charge in [-0.15, -0.1) is 0 Å². The van der Waals surface area contributed by atoms with Gasteiger partial charge in [-0.2, -0.15) is 4.98 Å². The molecular formula is C14H16ClN3O. The molecular weight excluding hydrogens is 262 g/mol. The van der Waals surface area contributed by atoms with Gasteiger partial charge in [0.15, 0.2) is 5.82 Å². The first-order valence-electron chi connectivity index (χ1n) is 6.55. The average Bonchev–Trinajstić information content (AvgIpc) is 2.92. The minimum absolute atomic E-state index is 0.353. The summed E-state index contributed by atoms with van der Waals surface area (Å²) in [5, 5.41) is 8.16. The second kappa shape index (κ2) is 5.31. The fraction of sp³-hybridized carbons (Fsp3) is 0.429. The molecule has 1 aromatic heterocycles.